The summed E-state index contributed by atoms with van der Waals surface area (Å²) in [5, 5.41) is 9.06. The molecule has 1 N–H and O–H groups in total. The summed E-state index contributed by atoms with van der Waals surface area (Å²) < 4.78 is 12.9. The summed E-state index contributed by atoms with van der Waals surface area (Å²) in [5.74, 6) is -0.318. The molecule has 2 rings (SSSR count). The van der Waals surface area contributed by atoms with Crippen molar-refractivity contribution in [2.45, 2.75) is 12.5 Å². The molecule has 0 saturated carbocycles. The van der Waals surface area contributed by atoms with Crippen molar-refractivity contribution in [3.05, 3.63) is 83.7 Å². The molecule has 2 aromatic carbocycles. The van der Waals surface area contributed by atoms with Gasteiger partial charge in [0.25, 0.3) is 0 Å². The number of rotatable bonds is 5. The molecule has 2 nitrogen and oxygen atoms in total. The number of benzene rings is 2. The van der Waals surface area contributed by atoms with Gasteiger partial charge < -0.3 is 0 Å². The molecule has 2 aromatic rings. The summed E-state index contributed by atoms with van der Waals surface area (Å²) >= 11 is 0. The van der Waals surface area contributed by atoms with Crippen LogP contribution in [0.5, 0.6) is 0 Å². The van der Waals surface area contributed by atoms with Crippen molar-refractivity contribution in [1.29, 1.82) is 0 Å². The highest BCUT2D eigenvalue weighted by atomic mass is 19.1. The zero-order valence-electron chi connectivity index (χ0n) is 10.4. The fourth-order valence-electron chi connectivity index (χ4n) is 1.95. The summed E-state index contributed by atoms with van der Waals surface area (Å²) in [5.41, 5.74) is 2.64. The number of hydrogen-bond donors (Lipinski definition) is 1. The standard InChI is InChI=1S/C16H15FO2/c1-2-3-12-4-6-13(7-5-12)16(19-18)14-8-10-15(17)11-9-14/h2,4-11,16,18H,1,3H2. The van der Waals surface area contributed by atoms with Gasteiger partial charge in [0.1, 0.15) is 11.9 Å². The number of halogens is 1. The molecule has 0 spiro atoms. The van der Waals surface area contributed by atoms with Gasteiger partial charge in [0.05, 0.1) is 0 Å². The minimum Gasteiger partial charge on any atom is -0.251 e. The lowest BCUT2D eigenvalue weighted by atomic mass is 10.00. The maximum absolute atomic E-state index is 12.9. The molecule has 0 fully saturated rings. The minimum atomic E-state index is -0.613. The maximum Gasteiger partial charge on any atom is 0.143 e. The molecular weight excluding hydrogens is 243 g/mol. The van der Waals surface area contributed by atoms with E-state index in [4.69, 9.17) is 5.26 Å². The quantitative estimate of drug-likeness (QED) is 0.496. The monoisotopic (exact) mass is 258 g/mol. The lowest BCUT2D eigenvalue weighted by molar-refractivity contribution is -0.270. The van der Waals surface area contributed by atoms with Crippen LogP contribution in [0.1, 0.15) is 22.8 Å². The molecule has 0 amide bonds. The van der Waals surface area contributed by atoms with Crippen LogP contribution in [0, 0.1) is 5.82 Å². The van der Waals surface area contributed by atoms with Gasteiger partial charge in [-0.2, -0.15) is 0 Å². The predicted octanol–water partition coefficient (Wildman–Crippen LogP) is 4.13. The molecule has 98 valence electrons. The smallest absolute Gasteiger partial charge is 0.143 e. The van der Waals surface area contributed by atoms with Gasteiger partial charge in [0.2, 0.25) is 0 Å². The Labute approximate surface area is 111 Å². The molecule has 0 saturated heterocycles. The Balaban J connectivity index is 2.26. The van der Waals surface area contributed by atoms with Crippen LogP contribution in [-0.4, -0.2) is 5.26 Å². The Morgan fingerprint density at radius 1 is 1.05 bits per heavy atom. The van der Waals surface area contributed by atoms with Crippen molar-refractivity contribution < 1.29 is 14.5 Å². The van der Waals surface area contributed by atoms with E-state index in [1.807, 2.05) is 30.3 Å². The summed E-state index contributed by atoms with van der Waals surface area (Å²) in [6.45, 7) is 3.69. The van der Waals surface area contributed by atoms with E-state index in [1.165, 1.54) is 12.1 Å². The summed E-state index contributed by atoms with van der Waals surface area (Å²) in [6.07, 6.45) is 2.01. The van der Waals surface area contributed by atoms with Crippen LogP contribution in [0.15, 0.2) is 61.2 Å². The molecule has 0 heterocycles. The summed E-state index contributed by atoms with van der Waals surface area (Å²) in [6, 6.07) is 13.5. The SMILES string of the molecule is C=CCc1ccc(C(OO)c2ccc(F)cc2)cc1. The van der Waals surface area contributed by atoms with Crippen LogP contribution >= 0.6 is 0 Å². The van der Waals surface area contributed by atoms with Crippen molar-refractivity contribution >= 4 is 0 Å². The third kappa shape index (κ3) is 3.28. The van der Waals surface area contributed by atoms with Gasteiger partial charge in [-0.3, -0.25) is 5.26 Å². The Hall–Kier alpha value is -1.97. The molecule has 0 radical (unpaired) electrons. The van der Waals surface area contributed by atoms with Crippen molar-refractivity contribution in [3.63, 3.8) is 0 Å². The normalized spacial score (nSPS) is 12.1. The van der Waals surface area contributed by atoms with Crippen molar-refractivity contribution in [2.75, 3.05) is 0 Å². The second kappa shape index (κ2) is 6.27. The summed E-state index contributed by atoms with van der Waals surface area (Å²) in [4.78, 5) is 4.52. The molecule has 1 atom stereocenters. The van der Waals surface area contributed by atoms with Gasteiger partial charge in [0, 0.05) is 0 Å². The van der Waals surface area contributed by atoms with Gasteiger partial charge in [0.15, 0.2) is 0 Å². The second-order valence-electron chi connectivity index (χ2n) is 4.27. The molecule has 3 heteroatoms. The van der Waals surface area contributed by atoms with Crippen LogP contribution in [-0.2, 0) is 11.3 Å². The molecule has 0 aliphatic carbocycles. The van der Waals surface area contributed by atoms with Crippen LogP contribution in [0.25, 0.3) is 0 Å². The predicted molar refractivity (Wildman–Crippen MR) is 72.3 cm³/mol. The lowest BCUT2D eigenvalue weighted by Crippen LogP contribution is -2.04. The third-order valence-corrected chi connectivity index (χ3v) is 2.94. The second-order valence-corrected chi connectivity index (χ2v) is 4.27. The van der Waals surface area contributed by atoms with E-state index >= 15 is 0 Å². The van der Waals surface area contributed by atoms with Gasteiger partial charge in [-0.05, 0) is 35.2 Å². The Bertz CT molecular complexity index is 532. The first-order chi connectivity index (χ1) is 9.24. The third-order valence-electron chi connectivity index (χ3n) is 2.94. The first kappa shape index (κ1) is 13.5. The highest BCUT2D eigenvalue weighted by Crippen LogP contribution is 2.25. The van der Waals surface area contributed by atoms with Gasteiger partial charge in [-0.25, -0.2) is 9.28 Å². The van der Waals surface area contributed by atoms with Gasteiger partial charge >= 0.3 is 0 Å². The van der Waals surface area contributed by atoms with Crippen LogP contribution < -0.4 is 0 Å². The van der Waals surface area contributed by atoms with Crippen molar-refractivity contribution in [1.82, 2.24) is 0 Å². The van der Waals surface area contributed by atoms with Crippen molar-refractivity contribution in [2.24, 2.45) is 0 Å². The largest absolute Gasteiger partial charge is 0.251 e. The van der Waals surface area contributed by atoms with Crippen LogP contribution in [0.2, 0.25) is 0 Å². The summed E-state index contributed by atoms with van der Waals surface area (Å²) in [7, 11) is 0. The van der Waals surface area contributed by atoms with Gasteiger partial charge in [-0.15, -0.1) is 6.58 Å². The van der Waals surface area contributed by atoms with E-state index in [1.54, 1.807) is 12.1 Å². The van der Waals surface area contributed by atoms with E-state index in [0.717, 1.165) is 17.5 Å². The number of allylic oxidation sites excluding steroid dienone is 1. The molecule has 19 heavy (non-hydrogen) atoms. The molecule has 0 aromatic heterocycles. The average molecular weight is 258 g/mol. The van der Waals surface area contributed by atoms with E-state index < -0.39 is 6.10 Å². The zero-order valence-corrected chi connectivity index (χ0v) is 10.4. The molecule has 0 aliphatic heterocycles. The first-order valence-electron chi connectivity index (χ1n) is 6.00. The Morgan fingerprint density at radius 2 is 1.58 bits per heavy atom. The minimum absolute atomic E-state index is 0.318. The topological polar surface area (TPSA) is 29.5 Å². The molecule has 0 bridgehead atoms. The van der Waals surface area contributed by atoms with Crippen molar-refractivity contribution in [3.8, 4) is 0 Å². The van der Waals surface area contributed by atoms with E-state index in [0.29, 0.717) is 5.56 Å². The number of hydrogen-bond acceptors (Lipinski definition) is 2. The maximum atomic E-state index is 12.9. The zero-order chi connectivity index (χ0) is 13.7. The highest BCUT2D eigenvalue weighted by Gasteiger charge is 2.14. The Morgan fingerprint density at radius 3 is 2.05 bits per heavy atom. The van der Waals surface area contributed by atoms with E-state index in [9.17, 15) is 4.39 Å². The first-order valence-corrected chi connectivity index (χ1v) is 6.00. The molecular formula is C16H15FO2. The van der Waals surface area contributed by atoms with Gasteiger partial charge in [-0.1, -0.05) is 42.5 Å². The fraction of sp³-hybridized carbons (Fsp3) is 0.125. The van der Waals surface area contributed by atoms with Crippen LogP contribution in [0.4, 0.5) is 4.39 Å². The van der Waals surface area contributed by atoms with Crippen LogP contribution in [0.3, 0.4) is 0 Å². The average Bonchev–Trinajstić information content (AvgIpc) is 2.44. The van der Waals surface area contributed by atoms with E-state index in [-0.39, 0.29) is 5.82 Å². The van der Waals surface area contributed by atoms with E-state index in [2.05, 4.69) is 11.5 Å². The lowest BCUT2D eigenvalue weighted by Gasteiger charge is -2.14. The highest BCUT2D eigenvalue weighted by molar-refractivity contribution is 5.32. The molecule has 0 aliphatic rings. The Kier molecular flexibility index (Phi) is 4.44. The fourth-order valence-corrected chi connectivity index (χ4v) is 1.95. The molecule has 1 unspecified atom stereocenters.